The Morgan fingerprint density at radius 1 is 1.07 bits per heavy atom. The number of nitrogens with one attached hydrogen (secondary N) is 1. The molecule has 1 amide bonds. The van der Waals surface area contributed by atoms with Gasteiger partial charge in [0.05, 0.1) is 19.8 Å². The topological polar surface area (TPSA) is 77.8 Å². The van der Waals surface area contributed by atoms with Gasteiger partial charge in [0.2, 0.25) is 0 Å². The van der Waals surface area contributed by atoms with Crippen LogP contribution in [0.1, 0.15) is 16.7 Å². The second-order valence-electron chi connectivity index (χ2n) is 6.31. The lowest BCUT2D eigenvalue weighted by molar-refractivity contribution is -0.146. The van der Waals surface area contributed by atoms with Gasteiger partial charge >= 0.3 is 5.97 Å². The number of aryl methyl sites for hydroxylation is 2. The van der Waals surface area contributed by atoms with Crippen molar-refractivity contribution in [2.45, 2.75) is 20.3 Å². The van der Waals surface area contributed by atoms with Gasteiger partial charge in [0.15, 0.2) is 6.61 Å². The smallest absolute Gasteiger partial charge is 0.310 e. The highest BCUT2D eigenvalue weighted by molar-refractivity contribution is 5.93. The number of carbonyl (C=O) groups excluding carboxylic acids is 2. The van der Waals surface area contributed by atoms with Gasteiger partial charge in [-0.1, -0.05) is 0 Å². The highest BCUT2D eigenvalue weighted by atomic mass is 16.5. The van der Waals surface area contributed by atoms with E-state index in [2.05, 4.69) is 5.32 Å². The van der Waals surface area contributed by atoms with Gasteiger partial charge in [0.25, 0.3) is 5.91 Å². The predicted octanol–water partition coefficient (Wildman–Crippen LogP) is 3.78. The Labute approximate surface area is 157 Å². The third kappa shape index (κ3) is 4.47. The molecule has 1 N–H and O–H groups in total. The van der Waals surface area contributed by atoms with Gasteiger partial charge in [-0.25, -0.2) is 0 Å². The molecule has 3 rings (SSSR count). The van der Waals surface area contributed by atoms with Gasteiger partial charge in [-0.3, -0.25) is 9.59 Å². The van der Waals surface area contributed by atoms with Crippen molar-refractivity contribution in [3.63, 3.8) is 0 Å². The summed E-state index contributed by atoms with van der Waals surface area (Å²) in [7, 11) is 1.57. The average molecular weight is 367 g/mol. The van der Waals surface area contributed by atoms with Gasteiger partial charge in [-0.05, 0) is 61.4 Å². The number of benzene rings is 2. The molecule has 0 unspecified atom stereocenters. The zero-order chi connectivity index (χ0) is 19.4. The van der Waals surface area contributed by atoms with Crippen LogP contribution in [-0.2, 0) is 20.7 Å². The Morgan fingerprint density at radius 2 is 1.78 bits per heavy atom. The SMILES string of the molecule is COc1ccc(NC(=O)COC(=O)Cc2coc3cc(C)c(C)cc23)cc1. The lowest BCUT2D eigenvalue weighted by Crippen LogP contribution is -2.21. The van der Waals surface area contributed by atoms with E-state index >= 15 is 0 Å². The lowest BCUT2D eigenvalue weighted by atomic mass is 10.0. The molecule has 140 valence electrons. The standard InChI is InChI=1S/C21H21NO5/c1-13-8-18-15(11-26-19(18)9-14(13)2)10-21(24)27-12-20(23)22-16-4-6-17(25-3)7-5-16/h4-9,11H,10,12H2,1-3H3,(H,22,23). The number of methoxy groups -OCH3 is 1. The van der Waals surface area contributed by atoms with E-state index in [1.54, 1.807) is 37.6 Å². The zero-order valence-electron chi connectivity index (χ0n) is 15.5. The zero-order valence-corrected chi connectivity index (χ0v) is 15.5. The maximum Gasteiger partial charge on any atom is 0.310 e. The summed E-state index contributed by atoms with van der Waals surface area (Å²) < 4.78 is 15.6. The molecule has 6 nitrogen and oxygen atoms in total. The molecule has 0 bridgehead atoms. The van der Waals surface area contributed by atoms with Crippen LogP contribution in [0.4, 0.5) is 5.69 Å². The maximum absolute atomic E-state index is 12.1. The second-order valence-corrected chi connectivity index (χ2v) is 6.31. The third-order valence-corrected chi connectivity index (χ3v) is 4.34. The van der Waals surface area contributed by atoms with Crippen molar-refractivity contribution >= 4 is 28.5 Å². The molecule has 0 radical (unpaired) electrons. The first kappa shape index (κ1) is 18.5. The van der Waals surface area contributed by atoms with E-state index < -0.39 is 11.9 Å². The van der Waals surface area contributed by atoms with Crippen molar-refractivity contribution < 1.29 is 23.5 Å². The van der Waals surface area contributed by atoms with Crippen molar-refractivity contribution in [2.75, 3.05) is 19.0 Å². The molecular weight excluding hydrogens is 346 g/mol. The molecule has 2 aromatic carbocycles. The summed E-state index contributed by atoms with van der Waals surface area (Å²) in [6.07, 6.45) is 1.60. The van der Waals surface area contributed by atoms with E-state index in [0.29, 0.717) is 11.4 Å². The summed E-state index contributed by atoms with van der Waals surface area (Å²) in [5.41, 5.74) is 4.33. The summed E-state index contributed by atoms with van der Waals surface area (Å²) in [6, 6.07) is 10.8. The number of hydrogen-bond acceptors (Lipinski definition) is 5. The van der Waals surface area contributed by atoms with E-state index in [0.717, 1.165) is 27.7 Å². The fraction of sp³-hybridized carbons (Fsp3) is 0.238. The first-order valence-electron chi connectivity index (χ1n) is 8.53. The minimum atomic E-state index is -0.485. The molecule has 0 aliphatic heterocycles. The number of hydrogen-bond donors (Lipinski definition) is 1. The molecular formula is C21H21NO5. The number of amides is 1. The lowest BCUT2D eigenvalue weighted by Gasteiger charge is -2.07. The molecule has 0 aliphatic carbocycles. The van der Waals surface area contributed by atoms with Gasteiger partial charge in [-0.2, -0.15) is 0 Å². The molecule has 27 heavy (non-hydrogen) atoms. The maximum atomic E-state index is 12.1. The quantitative estimate of drug-likeness (QED) is 0.671. The molecule has 0 saturated carbocycles. The highest BCUT2D eigenvalue weighted by Gasteiger charge is 2.14. The molecule has 1 aromatic heterocycles. The number of anilines is 1. The molecule has 1 heterocycles. The third-order valence-electron chi connectivity index (χ3n) is 4.34. The fourth-order valence-corrected chi connectivity index (χ4v) is 2.70. The van der Waals surface area contributed by atoms with E-state index in [4.69, 9.17) is 13.9 Å². The first-order valence-corrected chi connectivity index (χ1v) is 8.53. The van der Waals surface area contributed by atoms with Gasteiger partial charge in [-0.15, -0.1) is 0 Å². The summed E-state index contributed by atoms with van der Waals surface area (Å²) in [6.45, 7) is 3.67. The van der Waals surface area contributed by atoms with Crippen LogP contribution in [0.3, 0.4) is 0 Å². The Bertz CT molecular complexity index is 972. The monoisotopic (exact) mass is 367 g/mol. The van der Waals surface area contributed by atoms with Crippen LogP contribution >= 0.6 is 0 Å². The van der Waals surface area contributed by atoms with Crippen molar-refractivity contribution in [1.29, 1.82) is 0 Å². The number of ether oxygens (including phenoxy) is 2. The number of fused-ring (bicyclic) bond motifs is 1. The van der Waals surface area contributed by atoms with Crippen LogP contribution in [0.15, 0.2) is 47.1 Å². The van der Waals surface area contributed by atoms with Gasteiger partial charge in [0.1, 0.15) is 11.3 Å². The number of carbonyl (C=O) groups is 2. The second kappa shape index (κ2) is 7.95. The summed E-state index contributed by atoms with van der Waals surface area (Å²) in [5, 5.41) is 3.55. The van der Waals surface area contributed by atoms with E-state index in [1.807, 2.05) is 26.0 Å². The predicted molar refractivity (Wildman–Crippen MR) is 102 cm³/mol. The molecule has 0 atom stereocenters. The van der Waals surface area contributed by atoms with E-state index in [-0.39, 0.29) is 13.0 Å². The van der Waals surface area contributed by atoms with Gasteiger partial charge in [0, 0.05) is 16.6 Å². The van der Waals surface area contributed by atoms with E-state index in [1.165, 1.54) is 0 Å². The van der Waals surface area contributed by atoms with Crippen molar-refractivity contribution in [3.8, 4) is 5.75 Å². The molecule has 0 fully saturated rings. The molecule has 6 heteroatoms. The van der Waals surface area contributed by atoms with E-state index in [9.17, 15) is 9.59 Å². The number of esters is 1. The van der Waals surface area contributed by atoms with Crippen molar-refractivity contribution in [2.24, 2.45) is 0 Å². The highest BCUT2D eigenvalue weighted by Crippen LogP contribution is 2.25. The molecule has 0 saturated heterocycles. The van der Waals surface area contributed by atoms with Crippen LogP contribution in [0.25, 0.3) is 11.0 Å². The largest absolute Gasteiger partial charge is 0.497 e. The molecule has 0 spiro atoms. The Morgan fingerprint density at radius 3 is 2.48 bits per heavy atom. The Balaban J connectivity index is 1.55. The molecule has 3 aromatic rings. The Kier molecular flexibility index (Phi) is 5.45. The Hall–Kier alpha value is -3.28. The van der Waals surface area contributed by atoms with Crippen LogP contribution in [0, 0.1) is 13.8 Å². The van der Waals surface area contributed by atoms with Gasteiger partial charge < -0.3 is 19.2 Å². The summed E-state index contributed by atoms with van der Waals surface area (Å²) in [4.78, 5) is 24.0. The van der Waals surface area contributed by atoms with Crippen molar-refractivity contribution in [3.05, 3.63) is 59.4 Å². The molecule has 0 aliphatic rings. The van der Waals surface area contributed by atoms with Crippen molar-refractivity contribution in [1.82, 2.24) is 0 Å². The minimum absolute atomic E-state index is 0.0469. The van der Waals surface area contributed by atoms with Crippen LogP contribution in [0.5, 0.6) is 5.75 Å². The average Bonchev–Trinajstić information content (AvgIpc) is 3.02. The fourth-order valence-electron chi connectivity index (χ4n) is 2.70. The summed E-state index contributed by atoms with van der Waals surface area (Å²) >= 11 is 0. The minimum Gasteiger partial charge on any atom is -0.497 e. The van der Waals surface area contributed by atoms with Crippen LogP contribution in [-0.4, -0.2) is 25.6 Å². The number of rotatable bonds is 6. The normalized spacial score (nSPS) is 10.6. The van der Waals surface area contributed by atoms with Crippen LogP contribution < -0.4 is 10.1 Å². The van der Waals surface area contributed by atoms with Crippen LogP contribution in [0.2, 0.25) is 0 Å². The summed E-state index contributed by atoms with van der Waals surface area (Å²) in [5.74, 6) is -0.199. The first-order chi connectivity index (χ1) is 13.0. The number of furan rings is 1.